The zero-order valence-corrected chi connectivity index (χ0v) is 10.5. The van der Waals surface area contributed by atoms with Crippen LogP contribution in [-0.2, 0) is 9.53 Å². The average Bonchev–Trinajstić information content (AvgIpc) is 2.30. The summed E-state index contributed by atoms with van der Waals surface area (Å²) in [5, 5.41) is 18.7. The molecule has 0 amide bonds. The molecule has 5 nitrogen and oxygen atoms in total. The summed E-state index contributed by atoms with van der Waals surface area (Å²) in [4.78, 5) is 11.1. The number of carbonyl (C=O) groups is 1. The van der Waals surface area contributed by atoms with Gasteiger partial charge < -0.3 is 20.7 Å². The Morgan fingerprint density at radius 1 is 1.50 bits per heavy atom. The normalized spacial score (nSPS) is 13.3. The molecule has 1 unspecified atom stereocenters. The lowest BCUT2D eigenvalue weighted by Gasteiger charge is -2.17. The Bertz CT molecular complexity index is 416. The van der Waals surface area contributed by atoms with Crippen molar-refractivity contribution in [3.63, 3.8) is 0 Å². The van der Waals surface area contributed by atoms with Gasteiger partial charge in [-0.15, -0.1) is 12.4 Å². The molecular weight excluding hydrogens is 265 g/mol. The van der Waals surface area contributed by atoms with Crippen molar-refractivity contribution < 1.29 is 24.1 Å². The predicted molar refractivity (Wildman–Crippen MR) is 65.5 cm³/mol. The number of alkyl halides is 1. The van der Waals surface area contributed by atoms with Crippen molar-refractivity contribution in [1.29, 1.82) is 0 Å². The van der Waals surface area contributed by atoms with Crippen LogP contribution in [0.25, 0.3) is 0 Å². The molecule has 1 aromatic carbocycles. The van der Waals surface area contributed by atoms with Crippen molar-refractivity contribution in [1.82, 2.24) is 0 Å². The summed E-state index contributed by atoms with van der Waals surface area (Å²) in [5.74, 6) is -1.56. The van der Waals surface area contributed by atoms with Crippen LogP contribution in [0.2, 0.25) is 0 Å². The van der Waals surface area contributed by atoms with Crippen molar-refractivity contribution in [3.8, 4) is 11.5 Å². The molecule has 0 saturated heterocycles. The maximum atomic E-state index is 13.6. The number of phenols is 2. The predicted octanol–water partition coefficient (Wildman–Crippen LogP) is 1.42. The Labute approximate surface area is 110 Å². The fraction of sp³-hybridized carbons (Fsp3) is 0.364. The molecule has 0 aliphatic rings. The number of nitrogens with two attached hydrogens (primary N) is 1. The third-order valence-corrected chi connectivity index (χ3v) is 2.20. The van der Waals surface area contributed by atoms with Crippen molar-refractivity contribution in [2.75, 3.05) is 6.61 Å². The van der Waals surface area contributed by atoms with E-state index < -0.39 is 18.2 Å². The van der Waals surface area contributed by atoms with Crippen molar-refractivity contribution in [3.05, 3.63) is 23.8 Å². The molecule has 4 N–H and O–H groups in total. The van der Waals surface area contributed by atoms with Gasteiger partial charge in [0.25, 0.3) is 0 Å². The van der Waals surface area contributed by atoms with Crippen LogP contribution < -0.4 is 5.73 Å². The van der Waals surface area contributed by atoms with E-state index in [4.69, 9.17) is 5.73 Å². The highest BCUT2D eigenvalue weighted by Crippen LogP contribution is 2.29. The van der Waals surface area contributed by atoms with Gasteiger partial charge in [0.15, 0.2) is 0 Å². The second-order valence-electron chi connectivity index (χ2n) is 3.42. The van der Waals surface area contributed by atoms with E-state index in [9.17, 15) is 19.4 Å². The number of hydrogen-bond acceptors (Lipinski definition) is 5. The van der Waals surface area contributed by atoms with E-state index in [0.717, 1.165) is 6.07 Å². The number of ether oxygens (including phenoxy) is 1. The third kappa shape index (κ3) is 3.75. The number of benzene rings is 1. The standard InChI is InChI=1S/C11H14FNO4.ClH/c1-2-17-11(16)9(12)10(13)7-5-6(14)3-4-8(7)15;/h3-5,9-10,14-15H,2,13H2,1H3;1H/t9?,10-;/m1./s1. The number of aromatic hydroxyl groups is 2. The minimum atomic E-state index is -2.09. The van der Waals surface area contributed by atoms with E-state index in [-0.39, 0.29) is 36.1 Å². The van der Waals surface area contributed by atoms with Gasteiger partial charge in [0.05, 0.1) is 12.6 Å². The molecule has 0 heterocycles. The van der Waals surface area contributed by atoms with Gasteiger partial charge in [0, 0.05) is 5.56 Å². The van der Waals surface area contributed by atoms with Crippen LogP contribution in [0.3, 0.4) is 0 Å². The van der Waals surface area contributed by atoms with Crippen LogP contribution in [0, 0.1) is 0 Å². The van der Waals surface area contributed by atoms with Gasteiger partial charge in [0.2, 0.25) is 6.17 Å². The Hall–Kier alpha value is -1.53. The van der Waals surface area contributed by atoms with E-state index in [1.165, 1.54) is 12.1 Å². The molecule has 1 aromatic rings. The second-order valence-corrected chi connectivity index (χ2v) is 3.42. The van der Waals surface area contributed by atoms with Crippen LogP contribution in [0.4, 0.5) is 4.39 Å². The van der Waals surface area contributed by atoms with Crippen LogP contribution in [0.1, 0.15) is 18.5 Å². The van der Waals surface area contributed by atoms with Gasteiger partial charge in [-0.2, -0.15) is 0 Å². The molecule has 0 spiro atoms. The van der Waals surface area contributed by atoms with Crippen LogP contribution in [0.5, 0.6) is 11.5 Å². The average molecular weight is 280 g/mol. The Morgan fingerprint density at radius 2 is 2.11 bits per heavy atom. The van der Waals surface area contributed by atoms with E-state index in [0.29, 0.717) is 0 Å². The van der Waals surface area contributed by atoms with Crippen LogP contribution >= 0.6 is 12.4 Å². The van der Waals surface area contributed by atoms with Gasteiger partial charge in [-0.05, 0) is 25.1 Å². The van der Waals surface area contributed by atoms with Gasteiger partial charge in [-0.3, -0.25) is 0 Å². The van der Waals surface area contributed by atoms with E-state index >= 15 is 0 Å². The minimum Gasteiger partial charge on any atom is -0.508 e. The molecule has 0 aliphatic carbocycles. The molecule has 0 radical (unpaired) electrons. The molecule has 0 fully saturated rings. The summed E-state index contributed by atoms with van der Waals surface area (Å²) in [6.07, 6.45) is -2.09. The van der Waals surface area contributed by atoms with Gasteiger partial charge in [-0.1, -0.05) is 0 Å². The highest BCUT2D eigenvalue weighted by Gasteiger charge is 2.29. The number of phenolic OH excluding ortho intramolecular Hbond substituents is 2. The lowest BCUT2D eigenvalue weighted by atomic mass is 10.0. The number of rotatable bonds is 4. The topological polar surface area (TPSA) is 92.8 Å². The van der Waals surface area contributed by atoms with E-state index in [2.05, 4.69) is 4.74 Å². The lowest BCUT2D eigenvalue weighted by molar-refractivity contribution is -0.149. The molecule has 18 heavy (non-hydrogen) atoms. The first-order chi connectivity index (χ1) is 7.97. The monoisotopic (exact) mass is 279 g/mol. The zero-order valence-electron chi connectivity index (χ0n) is 9.67. The lowest BCUT2D eigenvalue weighted by Crippen LogP contribution is -2.31. The quantitative estimate of drug-likeness (QED) is 0.572. The SMILES string of the molecule is CCOC(=O)C(F)[C@H](N)c1cc(O)ccc1O.Cl. The molecule has 1 rings (SSSR count). The van der Waals surface area contributed by atoms with Crippen molar-refractivity contribution in [2.24, 2.45) is 5.73 Å². The van der Waals surface area contributed by atoms with E-state index in [1.807, 2.05) is 0 Å². The Balaban J connectivity index is 0.00000289. The molecule has 2 atom stereocenters. The van der Waals surface area contributed by atoms with Crippen LogP contribution in [-0.4, -0.2) is 29.0 Å². The first kappa shape index (κ1) is 16.5. The molecule has 0 bridgehead atoms. The molecular formula is C11H15ClFNO4. The number of carbonyl (C=O) groups excluding carboxylic acids is 1. The fourth-order valence-corrected chi connectivity index (χ4v) is 1.34. The largest absolute Gasteiger partial charge is 0.508 e. The molecule has 0 aliphatic heterocycles. The van der Waals surface area contributed by atoms with Gasteiger partial charge in [0.1, 0.15) is 11.5 Å². The summed E-state index contributed by atoms with van der Waals surface area (Å²) in [6.45, 7) is 1.58. The first-order valence-corrected chi connectivity index (χ1v) is 5.05. The highest BCUT2D eigenvalue weighted by atomic mass is 35.5. The van der Waals surface area contributed by atoms with E-state index in [1.54, 1.807) is 6.92 Å². The van der Waals surface area contributed by atoms with Crippen molar-refractivity contribution in [2.45, 2.75) is 19.1 Å². The summed E-state index contributed by atoms with van der Waals surface area (Å²) in [7, 11) is 0. The van der Waals surface area contributed by atoms with Gasteiger partial charge in [-0.25, -0.2) is 9.18 Å². The number of halogens is 2. The second kappa shape index (κ2) is 7.03. The molecule has 0 saturated carbocycles. The third-order valence-electron chi connectivity index (χ3n) is 2.20. The first-order valence-electron chi connectivity index (χ1n) is 5.05. The molecule has 7 heteroatoms. The fourth-order valence-electron chi connectivity index (χ4n) is 1.34. The van der Waals surface area contributed by atoms with Gasteiger partial charge >= 0.3 is 5.97 Å². The zero-order chi connectivity index (χ0) is 13.0. The molecule has 102 valence electrons. The minimum absolute atomic E-state index is 0. The highest BCUT2D eigenvalue weighted by molar-refractivity contribution is 5.85. The Kier molecular flexibility index (Phi) is 6.43. The van der Waals surface area contributed by atoms with Crippen LogP contribution in [0.15, 0.2) is 18.2 Å². The maximum Gasteiger partial charge on any atom is 0.342 e. The Morgan fingerprint density at radius 3 is 2.67 bits per heavy atom. The smallest absolute Gasteiger partial charge is 0.342 e. The summed E-state index contributed by atoms with van der Waals surface area (Å²) < 4.78 is 18.1. The van der Waals surface area contributed by atoms with Crippen molar-refractivity contribution >= 4 is 18.4 Å². The maximum absolute atomic E-state index is 13.6. The number of hydrogen-bond donors (Lipinski definition) is 3. The summed E-state index contributed by atoms with van der Waals surface area (Å²) >= 11 is 0. The summed E-state index contributed by atoms with van der Waals surface area (Å²) in [5.41, 5.74) is 5.44. The molecule has 0 aromatic heterocycles. The number of esters is 1. The summed E-state index contributed by atoms with van der Waals surface area (Å²) in [6, 6.07) is 2.11.